The highest BCUT2D eigenvalue weighted by Crippen LogP contribution is 2.79. The number of Topliss-reactive ketones (excluding diaryl/α,β-unsaturated/α-hetero) is 2. The Morgan fingerprint density at radius 1 is 0.706 bits per heavy atom. The first-order chi connectivity index (χ1) is 23.8. The Morgan fingerprint density at radius 3 is 1.96 bits per heavy atom. The van der Waals surface area contributed by atoms with Gasteiger partial charge in [-0.1, -0.05) is 79.9 Å². The molecule has 6 nitrogen and oxygen atoms in total. The molecular formula is C45H72N2O4. The third-order valence-corrected chi connectivity index (χ3v) is 17.9. The first-order valence-corrected chi connectivity index (χ1v) is 21.0. The summed E-state index contributed by atoms with van der Waals surface area (Å²) in [6, 6.07) is 0. The fraction of sp³-hybridized carbons (Fsp3) is 0.867. The molecule has 6 aliphatic carbocycles. The molecule has 2 N–H and O–H groups in total. The molecule has 286 valence electrons. The Hall–Kier alpha value is -1.98. The zero-order chi connectivity index (χ0) is 37.4. The number of unbranched alkanes of at least 4 members (excludes halogenated alkanes) is 4. The van der Waals surface area contributed by atoms with E-state index in [2.05, 4.69) is 58.8 Å². The van der Waals surface area contributed by atoms with Gasteiger partial charge in [0.25, 0.3) is 0 Å². The van der Waals surface area contributed by atoms with Gasteiger partial charge in [0.15, 0.2) is 5.78 Å². The number of nitrogens with one attached hydrogen (secondary N) is 2. The molecule has 0 aromatic rings. The van der Waals surface area contributed by atoms with Gasteiger partial charge in [-0.25, -0.2) is 0 Å². The predicted octanol–water partition coefficient (Wildman–Crippen LogP) is 9.40. The van der Waals surface area contributed by atoms with Crippen molar-refractivity contribution in [3.05, 3.63) is 12.2 Å². The van der Waals surface area contributed by atoms with Gasteiger partial charge in [0, 0.05) is 31.8 Å². The van der Waals surface area contributed by atoms with Crippen molar-refractivity contribution in [3.63, 3.8) is 0 Å². The Labute approximate surface area is 310 Å². The molecule has 6 aliphatic rings. The number of hydrogen-bond acceptors (Lipinski definition) is 4. The van der Waals surface area contributed by atoms with Gasteiger partial charge in [-0.05, 0) is 135 Å². The maximum Gasteiger partial charge on any atom is 0.226 e. The number of ketones is 2. The molecule has 0 aliphatic heterocycles. The van der Waals surface area contributed by atoms with E-state index in [-0.39, 0.29) is 44.5 Å². The van der Waals surface area contributed by atoms with Crippen molar-refractivity contribution in [2.45, 2.75) is 165 Å². The van der Waals surface area contributed by atoms with Gasteiger partial charge in [0.1, 0.15) is 5.78 Å². The van der Waals surface area contributed by atoms with E-state index < -0.39 is 10.8 Å². The quantitative estimate of drug-likeness (QED) is 0.135. The average molecular weight is 705 g/mol. The van der Waals surface area contributed by atoms with Crippen LogP contribution in [0.2, 0.25) is 0 Å². The molecule has 0 saturated heterocycles. The van der Waals surface area contributed by atoms with E-state index in [1.54, 1.807) is 6.92 Å². The summed E-state index contributed by atoms with van der Waals surface area (Å²) in [5, 5.41) is 6.35. The van der Waals surface area contributed by atoms with Gasteiger partial charge in [-0.2, -0.15) is 0 Å². The number of allylic oxidation sites excluding steroid dienone is 1. The zero-order valence-corrected chi connectivity index (χ0v) is 34.0. The van der Waals surface area contributed by atoms with E-state index >= 15 is 0 Å². The minimum Gasteiger partial charge on any atom is -0.356 e. The Morgan fingerprint density at radius 2 is 1.35 bits per heavy atom. The Kier molecular flexibility index (Phi) is 9.95. The number of carbonyl (C=O) groups is 4. The second-order valence-corrected chi connectivity index (χ2v) is 20.8. The molecule has 0 aromatic heterocycles. The minimum atomic E-state index is -0.834. The fourth-order valence-corrected chi connectivity index (χ4v) is 15.2. The average Bonchev–Trinajstić information content (AvgIpc) is 3.52. The van der Waals surface area contributed by atoms with Crippen molar-refractivity contribution in [2.75, 3.05) is 13.1 Å². The van der Waals surface area contributed by atoms with Crippen molar-refractivity contribution in [2.24, 2.45) is 67.5 Å². The molecule has 1 spiro atoms. The number of hydrogen-bond donors (Lipinski definition) is 2. The highest BCUT2D eigenvalue weighted by molar-refractivity contribution is 6.16. The van der Waals surface area contributed by atoms with Crippen LogP contribution in [-0.4, -0.2) is 36.5 Å². The molecular weight excluding hydrogens is 633 g/mol. The summed E-state index contributed by atoms with van der Waals surface area (Å²) in [6.07, 6.45) is 16.1. The normalized spacial score (nSPS) is 43.5. The number of rotatable bonds is 10. The summed E-state index contributed by atoms with van der Waals surface area (Å²) < 4.78 is 0. The van der Waals surface area contributed by atoms with Crippen LogP contribution in [0.3, 0.4) is 0 Å². The van der Waals surface area contributed by atoms with Gasteiger partial charge in [0.05, 0.1) is 10.8 Å². The van der Waals surface area contributed by atoms with Crippen molar-refractivity contribution in [1.29, 1.82) is 0 Å². The van der Waals surface area contributed by atoms with Crippen LogP contribution in [0.1, 0.15) is 165 Å². The lowest BCUT2D eigenvalue weighted by Gasteiger charge is -2.73. The summed E-state index contributed by atoms with van der Waals surface area (Å²) in [5.74, 6) is 2.89. The molecule has 0 radical (unpaired) electrons. The largest absolute Gasteiger partial charge is 0.356 e. The first kappa shape index (κ1) is 38.7. The third kappa shape index (κ3) is 5.50. The topological polar surface area (TPSA) is 92.3 Å². The number of fused-ring (bicyclic) bond motifs is 7. The standard InChI is InChI=1S/C45H72N2O4/c1-29(2)31-18-21-44(38(51)47-27-15-13-11-12-14-26-46-30(3)48)24-23-42(9)32(36(31)44)16-17-34-41(8)22-25-45(35(49)28-39(4,5)37(45)50)40(6,7)33(41)19-20-43(34,42)10/h31-34,36H,1,11-28H2,2-10H3,(H,46,48)(H,47,51)/t31-,32+,33-,34?,36+,41-,42+,43+,44-,45+/m0/s1. The summed E-state index contributed by atoms with van der Waals surface area (Å²) in [5.41, 5.74) is -0.427. The van der Waals surface area contributed by atoms with Gasteiger partial charge < -0.3 is 10.6 Å². The monoisotopic (exact) mass is 705 g/mol. The van der Waals surface area contributed by atoms with Crippen LogP contribution in [-0.2, 0) is 19.2 Å². The lowest BCUT2D eigenvalue weighted by Crippen LogP contribution is -2.69. The SMILES string of the molecule is C=C(C)[C@@H]1CC[C@]2(C(=O)NCCCCCCCNC(C)=O)CC[C@]3(C)[C@H](CCC4[C@@]5(C)CC[C@]6(C(=O)CC(C)(C)C6=O)C(C)(C)[C@@H]5CC[C@]43C)[C@@H]12. The highest BCUT2D eigenvalue weighted by Gasteiger charge is 2.76. The van der Waals surface area contributed by atoms with Crippen LogP contribution in [0.4, 0.5) is 0 Å². The molecule has 6 saturated carbocycles. The van der Waals surface area contributed by atoms with E-state index in [1.807, 2.05) is 13.8 Å². The van der Waals surface area contributed by atoms with Crippen LogP contribution in [0.15, 0.2) is 12.2 Å². The van der Waals surface area contributed by atoms with Crippen molar-refractivity contribution in [1.82, 2.24) is 10.6 Å². The van der Waals surface area contributed by atoms with E-state index in [4.69, 9.17) is 0 Å². The van der Waals surface area contributed by atoms with Crippen molar-refractivity contribution in [3.8, 4) is 0 Å². The number of amides is 2. The minimum absolute atomic E-state index is 0.0371. The summed E-state index contributed by atoms with van der Waals surface area (Å²) in [6.45, 7) is 26.2. The van der Waals surface area contributed by atoms with Gasteiger partial charge in [-0.3, -0.25) is 19.2 Å². The molecule has 10 atom stereocenters. The molecule has 2 amide bonds. The molecule has 1 unspecified atom stereocenters. The maximum atomic E-state index is 14.4. The van der Waals surface area contributed by atoms with Crippen LogP contribution in [0, 0.1) is 67.5 Å². The Balaban J connectivity index is 1.20. The van der Waals surface area contributed by atoms with Crippen molar-refractivity contribution >= 4 is 23.4 Å². The van der Waals surface area contributed by atoms with Gasteiger partial charge in [0.2, 0.25) is 11.8 Å². The van der Waals surface area contributed by atoms with E-state index in [0.29, 0.717) is 48.3 Å². The molecule has 0 heterocycles. The predicted molar refractivity (Wildman–Crippen MR) is 205 cm³/mol. The highest BCUT2D eigenvalue weighted by atomic mass is 16.2. The molecule has 6 heteroatoms. The van der Waals surface area contributed by atoms with Gasteiger partial charge >= 0.3 is 0 Å². The first-order valence-electron chi connectivity index (χ1n) is 21.0. The summed E-state index contributed by atoms with van der Waals surface area (Å²) in [4.78, 5) is 53.6. The third-order valence-electron chi connectivity index (χ3n) is 17.9. The Bertz CT molecular complexity index is 1450. The molecule has 51 heavy (non-hydrogen) atoms. The van der Waals surface area contributed by atoms with Crippen LogP contribution >= 0.6 is 0 Å². The van der Waals surface area contributed by atoms with Crippen LogP contribution < -0.4 is 10.6 Å². The molecule has 0 aromatic carbocycles. The summed E-state index contributed by atoms with van der Waals surface area (Å²) in [7, 11) is 0. The van der Waals surface area contributed by atoms with Crippen molar-refractivity contribution < 1.29 is 19.2 Å². The molecule has 6 fully saturated rings. The lowest BCUT2D eigenvalue weighted by atomic mass is 9.30. The number of carbonyl (C=O) groups excluding carboxylic acids is 4. The van der Waals surface area contributed by atoms with E-state index in [9.17, 15) is 19.2 Å². The second-order valence-electron chi connectivity index (χ2n) is 20.8. The fourth-order valence-electron chi connectivity index (χ4n) is 15.2. The van der Waals surface area contributed by atoms with E-state index in [1.165, 1.54) is 12.0 Å². The summed E-state index contributed by atoms with van der Waals surface area (Å²) >= 11 is 0. The van der Waals surface area contributed by atoms with Crippen LogP contribution in [0.5, 0.6) is 0 Å². The molecule has 6 rings (SSSR count). The second kappa shape index (κ2) is 13.1. The smallest absolute Gasteiger partial charge is 0.226 e. The van der Waals surface area contributed by atoms with Crippen LogP contribution in [0.25, 0.3) is 0 Å². The van der Waals surface area contributed by atoms with E-state index in [0.717, 1.165) is 96.6 Å². The lowest BCUT2D eigenvalue weighted by molar-refractivity contribution is -0.247. The zero-order valence-electron chi connectivity index (χ0n) is 34.0. The van der Waals surface area contributed by atoms with Gasteiger partial charge in [-0.15, -0.1) is 0 Å². The molecule has 0 bridgehead atoms. The maximum absolute atomic E-state index is 14.4.